The standard InChI is InChI=1S/C14H20N2O4S.C2HF3O2/c1-19-12-8-14(20-10-12)5-3-7-16(11-14)21(17,18)13-4-2-6-15-9-13;3-2(4,5)1(6)7/h2,4,6,9,12H,3,5,7-8,10-11H2,1H3;(H,6,7)/t12-,14-;/m0./s1. The van der Waals surface area contributed by atoms with E-state index < -0.39 is 27.8 Å². The van der Waals surface area contributed by atoms with Gasteiger partial charge in [0.25, 0.3) is 0 Å². The highest BCUT2D eigenvalue weighted by Crippen LogP contribution is 2.37. The molecular formula is C16H21F3N2O6S. The highest BCUT2D eigenvalue weighted by Gasteiger charge is 2.46. The average molecular weight is 426 g/mol. The first kappa shape index (κ1) is 22.5. The van der Waals surface area contributed by atoms with Crippen LogP contribution in [0.4, 0.5) is 13.2 Å². The Morgan fingerprint density at radius 3 is 2.64 bits per heavy atom. The molecule has 2 aliphatic rings. The van der Waals surface area contributed by atoms with Crippen LogP contribution in [0.1, 0.15) is 19.3 Å². The number of carbonyl (C=O) groups is 1. The first-order valence-electron chi connectivity index (χ1n) is 8.37. The number of carboxylic acid groups (broad SMARTS) is 1. The Hall–Kier alpha value is -1.76. The largest absolute Gasteiger partial charge is 0.490 e. The molecule has 2 fully saturated rings. The third kappa shape index (κ3) is 5.40. The minimum atomic E-state index is -5.08. The number of aliphatic carboxylic acids is 1. The van der Waals surface area contributed by atoms with Crippen molar-refractivity contribution >= 4 is 16.0 Å². The monoisotopic (exact) mass is 426 g/mol. The Labute approximate surface area is 160 Å². The van der Waals surface area contributed by atoms with Gasteiger partial charge in [-0.2, -0.15) is 17.5 Å². The van der Waals surface area contributed by atoms with E-state index in [0.717, 1.165) is 19.3 Å². The molecule has 1 aromatic heterocycles. The number of hydrogen-bond acceptors (Lipinski definition) is 6. The molecule has 0 bridgehead atoms. The molecule has 0 radical (unpaired) electrons. The summed E-state index contributed by atoms with van der Waals surface area (Å²) in [6.07, 6.45) is 0.375. The van der Waals surface area contributed by atoms with Gasteiger partial charge in [-0.15, -0.1) is 0 Å². The van der Waals surface area contributed by atoms with Gasteiger partial charge in [-0.25, -0.2) is 13.2 Å². The van der Waals surface area contributed by atoms with Crippen molar-refractivity contribution in [1.29, 1.82) is 0 Å². The van der Waals surface area contributed by atoms with Crippen molar-refractivity contribution in [3.8, 4) is 0 Å². The van der Waals surface area contributed by atoms with Crippen molar-refractivity contribution in [3.05, 3.63) is 24.5 Å². The molecule has 2 saturated heterocycles. The number of piperidine rings is 1. The van der Waals surface area contributed by atoms with Crippen molar-refractivity contribution in [1.82, 2.24) is 9.29 Å². The summed E-state index contributed by atoms with van der Waals surface area (Å²) in [6, 6.07) is 3.22. The van der Waals surface area contributed by atoms with Gasteiger partial charge in [-0.3, -0.25) is 4.98 Å². The van der Waals surface area contributed by atoms with Crippen LogP contribution in [0, 0.1) is 0 Å². The van der Waals surface area contributed by atoms with E-state index in [2.05, 4.69) is 4.98 Å². The fourth-order valence-corrected chi connectivity index (χ4v) is 4.67. The lowest BCUT2D eigenvalue weighted by atomic mass is 9.90. The molecule has 0 amide bonds. The summed E-state index contributed by atoms with van der Waals surface area (Å²) in [6.45, 7) is 1.46. The van der Waals surface area contributed by atoms with E-state index in [9.17, 15) is 21.6 Å². The maximum Gasteiger partial charge on any atom is 0.490 e. The van der Waals surface area contributed by atoms with E-state index in [1.807, 2.05) is 0 Å². The van der Waals surface area contributed by atoms with E-state index in [-0.39, 0.29) is 11.0 Å². The van der Waals surface area contributed by atoms with Crippen LogP contribution in [0.5, 0.6) is 0 Å². The van der Waals surface area contributed by atoms with E-state index in [4.69, 9.17) is 19.4 Å². The van der Waals surface area contributed by atoms with Crippen LogP contribution in [0.15, 0.2) is 29.4 Å². The van der Waals surface area contributed by atoms with Gasteiger partial charge in [0.2, 0.25) is 10.0 Å². The smallest absolute Gasteiger partial charge is 0.475 e. The number of methoxy groups -OCH3 is 1. The SMILES string of the molecule is CO[C@@H]1CO[C@@]2(CCCN(S(=O)(=O)c3cccnc3)C2)C1.O=C(O)C(F)(F)F. The zero-order valence-corrected chi connectivity index (χ0v) is 15.9. The Morgan fingerprint density at radius 2 is 2.14 bits per heavy atom. The van der Waals surface area contributed by atoms with Crippen LogP contribution >= 0.6 is 0 Å². The highest BCUT2D eigenvalue weighted by molar-refractivity contribution is 7.89. The molecular weight excluding hydrogens is 405 g/mol. The van der Waals surface area contributed by atoms with E-state index in [1.54, 1.807) is 25.4 Å². The Morgan fingerprint density at radius 1 is 1.46 bits per heavy atom. The number of ether oxygens (including phenoxy) is 2. The number of aromatic nitrogens is 1. The number of nitrogens with zero attached hydrogens (tertiary/aromatic N) is 2. The van der Waals surface area contributed by atoms with Gasteiger partial charge < -0.3 is 14.6 Å². The summed E-state index contributed by atoms with van der Waals surface area (Å²) in [5, 5.41) is 7.12. The molecule has 0 aromatic carbocycles. The lowest BCUT2D eigenvalue weighted by Crippen LogP contribution is -2.50. The minimum absolute atomic E-state index is 0.0612. The molecule has 2 aliphatic heterocycles. The molecule has 28 heavy (non-hydrogen) atoms. The maximum absolute atomic E-state index is 12.7. The predicted molar refractivity (Wildman–Crippen MR) is 90.0 cm³/mol. The molecule has 1 N–H and O–H groups in total. The maximum atomic E-state index is 12.7. The van der Waals surface area contributed by atoms with Crippen molar-refractivity contribution in [3.63, 3.8) is 0 Å². The number of pyridine rings is 1. The first-order chi connectivity index (χ1) is 13.0. The van der Waals surface area contributed by atoms with Crippen molar-refractivity contribution in [2.24, 2.45) is 0 Å². The molecule has 3 heterocycles. The fraction of sp³-hybridized carbons (Fsp3) is 0.625. The number of sulfonamides is 1. The van der Waals surface area contributed by atoms with Gasteiger partial charge in [0.15, 0.2) is 0 Å². The van der Waals surface area contributed by atoms with Crippen LogP contribution < -0.4 is 0 Å². The molecule has 1 spiro atoms. The van der Waals surface area contributed by atoms with Crippen molar-refractivity contribution in [2.75, 3.05) is 26.8 Å². The van der Waals surface area contributed by atoms with Gasteiger partial charge in [0, 0.05) is 39.0 Å². The second kappa shape index (κ2) is 8.72. The molecule has 12 heteroatoms. The van der Waals surface area contributed by atoms with E-state index in [1.165, 1.54) is 10.5 Å². The van der Waals surface area contributed by atoms with Crippen LogP contribution in [-0.2, 0) is 24.3 Å². The highest BCUT2D eigenvalue weighted by atomic mass is 32.2. The zero-order chi connectivity index (χ0) is 21.0. The lowest BCUT2D eigenvalue weighted by Gasteiger charge is -2.38. The Bertz CT molecular complexity index is 774. The fourth-order valence-electron chi connectivity index (χ4n) is 3.15. The molecule has 0 saturated carbocycles. The predicted octanol–water partition coefficient (Wildman–Crippen LogP) is 1.67. The summed E-state index contributed by atoms with van der Waals surface area (Å²) in [5.74, 6) is -2.76. The second-order valence-electron chi connectivity index (χ2n) is 6.49. The Kier molecular flexibility index (Phi) is 7.02. The van der Waals surface area contributed by atoms with Gasteiger partial charge in [0.05, 0.1) is 18.3 Å². The molecule has 2 atom stereocenters. The third-order valence-corrected chi connectivity index (χ3v) is 6.36. The number of carboxylic acids is 1. The number of hydrogen-bond donors (Lipinski definition) is 1. The van der Waals surface area contributed by atoms with E-state index in [0.29, 0.717) is 19.7 Å². The molecule has 3 rings (SSSR count). The molecule has 0 unspecified atom stereocenters. The summed E-state index contributed by atoms with van der Waals surface area (Å²) >= 11 is 0. The topological polar surface area (TPSA) is 106 Å². The quantitative estimate of drug-likeness (QED) is 0.784. The summed E-state index contributed by atoms with van der Waals surface area (Å²) < 4.78 is 69.9. The number of halogens is 3. The summed E-state index contributed by atoms with van der Waals surface area (Å²) in [5.41, 5.74) is -0.395. The van der Waals surface area contributed by atoms with E-state index >= 15 is 0 Å². The van der Waals surface area contributed by atoms with Gasteiger partial charge in [0.1, 0.15) is 4.90 Å². The Balaban J connectivity index is 0.000000345. The number of alkyl halides is 3. The normalized spacial score (nSPS) is 25.9. The van der Waals surface area contributed by atoms with Crippen LogP contribution in [0.2, 0.25) is 0 Å². The molecule has 1 aromatic rings. The van der Waals surface area contributed by atoms with Gasteiger partial charge in [-0.1, -0.05) is 0 Å². The number of rotatable bonds is 3. The summed E-state index contributed by atoms with van der Waals surface area (Å²) in [4.78, 5) is 13.0. The first-order valence-corrected chi connectivity index (χ1v) is 9.81. The third-order valence-electron chi connectivity index (χ3n) is 4.53. The molecule has 8 nitrogen and oxygen atoms in total. The minimum Gasteiger partial charge on any atom is -0.475 e. The van der Waals surface area contributed by atoms with Crippen molar-refractivity contribution in [2.45, 2.75) is 42.0 Å². The molecule has 158 valence electrons. The summed E-state index contributed by atoms with van der Waals surface area (Å²) in [7, 11) is -1.83. The lowest BCUT2D eigenvalue weighted by molar-refractivity contribution is -0.192. The van der Waals surface area contributed by atoms with Gasteiger partial charge >= 0.3 is 12.1 Å². The van der Waals surface area contributed by atoms with Gasteiger partial charge in [-0.05, 0) is 25.0 Å². The average Bonchev–Trinajstić information content (AvgIpc) is 3.04. The zero-order valence-electron chi connectivity index (χ0n) is 15.1. The van der Waals surface area contributed by atoms with Crippen LogP contribution in [-0.4, -0.2) is 73.5 Å². The molecule has 0 aliphatic carbocycles. The van der Waals surface area contributed by atoms with Crippen LogP contribution in [0.3, 0.4) is 0 Å². The van der Waals surface area contributed by atoms with Crippen LogP contribution in [0.25, 0.3) is 0 Å². The second-order valence-corrected chi connectivity index (χ2v) is 8.43. The van der Waals surface area contributed by atoms with Crippen molar-refractivity contribution < 1.29 is 41.0 Å².